The second kappa shape index (κ2) is 4.55. The number of nitrogens with zero attached hydrogens (tertiary/aromatic N) is 1. The molecule has 2 amide bonds. The third-order valence-corrected chi connectivity index (χ3v) is 4.48. The number of halogens is 1. The number of hydrogen-bond donors (Lipinski definition) is 1. The molecule has 4 nitrogen and oxygen atoms in total. The van der Waals surface area contributed by atoms with Crippen molar-refractivity contribution in [2.24, 2.45) is 11.7 Å². The standard InChI is InChI=1S/C10H11BrN2O2S/c11-9-6(1-2-16-9)4-13-5-7(10(12)15)3-8(13)14/h1-2,7H,3-5H2,(H2,12,15). The van der Waals surface area contributed by atoms with Crippen LogP contribution in [0.25, 0.3) is 0 Å². The van der Waals surface area contributed by atoms with E-state index in [1.165, 1.54) is 0 Å². The van der Waals surface area contributed by atoms with Crippen molar-refractivity contribution in [1.82, 2.24) is 4.90 Å². The van der Waals surface area contributed by atoms with Crippen LogP contribution in [0.2, 0.25) is 0 Å². The van der Waals surface area contributed by atoms with Crippen molar-refractivity contribution in [1.29, 1.82) is 0 Å². The van der Waals surface area contributed by atoms with Crippen molar-refractivity contribution in [3.05, 3.63) is 20.8 Å². The molecule has 1 unspecified atom stereocenters. The lowest BCUT2D eigenvalue weighted by atomic mass is 10.1. The Morgan fingerprint density at radius 1 is 1.69 bits per heavy atom. The van der Waals surface area contributed by atoms with Gasteiger partial charge in [-0.1, -0.05) is 0 Å². The molecule has 6 heteroatoms. The molecule has 1 atom stereocenters. The summed E-state index contributed by atoms with van der Waals surface area (Å²) in [5.74, 6) is -0.716. The van der Waals surface area contributed by atoms with Crippen LogP contribution in [0, 0.1) is 5.92 Å². The van der Waals surface area contributed by atoms with Gasteiger partial charge in [0.15, 0.2) is 0 Å². The molecule has 1 aliphatic heterocycles. The highest BCUT2D eigenvalue weighted by atomic mass is 79.9. The first-order valence-electron chi connectivity index (χ1n) is 4.87. The van der Waals surface area contributed by atoms with Crippen molar-refractivity contribution >= 4 is 39.1 Å². The van der Waals surface area contributed by atoms with E-state index in [1.54, 1.807) is 16.2 Å². The monoisotopic (exact) mass is 302 g/mol. The number of amides is 2. The van der Waals surface area contributed by atoms with Gasteiger partial charge in [0, 0.05) is 19.5 Å². The molecular formula is C10H11BrN2O2S. The molecular weight excluding hydrogens is 292 g/mol. The summed E-state index contributed by atoms with van der Waals surface area (Å²) >= 11 is 5.01. The largest absolute Gasteiger partial charge is 0.369 e. The highest BCUT2D eigenvalue weighted by Crippen LogP contribution is 2.27. The maximum atomic E-state index is 11.6. The van der Waals surface area contributed by atoms with Crippen LogP contribution in [0.5, 0.6) is 0 Å². The highest BCUT2D eigenvalue weighted by Gasteiger charge is 2.33. The van der Waals surface area contributed by atoms with Crippen LogP contribution in [-0.2, 0) is 16.1 Å². The van der Waals surface area contributed by atoms with Crippen molar-refractivity contribution in [3.8, 4) is 0 Å². The quantitative estimate of drug-likeness (QED) is 0.916. The first-order valence-corrected chi connectivity index (χ1v) is 6.54. The summed E-state index contributed by atoms with van der Waals surface area (Å²) in [4.78, 5) is 24.3. The van der Waals surface area contributed by atoms with E-state index in [-0.39, 0.29) is 24.2 Å². The number of hydrogen-bond acceptors (Lipinski definition) is 3. The van der Waals surface area contributed by atoms with Gasteiger partial charge in [0.2, 0.25) is 11.8 Å². The third-order valence-electron chi connectivity index (χ3n) is 2.67. The van der Waals surface area contributed by atoms with Crippen LogP contribution in [0.15, 0.2) is 15.2 Å². The topological polar surface area (TPSA) is 63.4 Å². The molecule has 0 aromatic carbocycles. The maximum absolute atomic E-state index is 11.6. The van der Waals surface area contributed by atoms with E-state index in [9.17, 15) is 9.59 Å². The molecule has 1 aromatic rings. The van der Waals surface area contributed by atoms with Crippen LogP contribution in [0.4, 0.5) is 0 Å². The summed E-state index contributed by atoms with van der Waals surface area (Å²) in [6.07, 6.45) is 0.247. The molecule has 1 aliphatic rings. The van der Waals surface area contributed by atoms with Crippen LogP contribution in [0.3, 0.4) is 0 Å². The lowest BCUT2D eigenvalue weighted by molar-refractivity contribution is -0.128. The van der Waals surface area contributed by atoms with E-state index in [2.05, 4.69) is 15.9 Å². The van der Waals surface area contributed by atoms with Gasteiger partial charge in [-0.2, -0.15) is 0 Å². The van der Waals surface area contributed by atoms with Crippen LogP contribution in [-0.4, -0.2) is 23.3 Å². The van der Waals surface area contributed by atoms with Gasteiger partial charge in [-0.15, -0.1) is 11.3 Å². The van der Waals surface area contributed by atoms with E-state index in [0.29, 0.717) is 13.1 Å². The van der Waals surface area contributed by atoms with Gasteiger partial charge >= 0.3 is 0 Å². The molecule has 1 saturated heterocycles. The van der Waals surface area contributed by atoms with Gasteiger partial charge in [0.1, 0.15) is 0 Å². The maximum Gasteiger partial charge on any atom is 0.223 e. The summed E-state index contributed by atoms with van der Waals surface area (Å²) in [7, 11) is 0. The van der Waals surface area contributed by atoms with E-state index in [1.807, 2.05) is 11.4 Å². The molecule has 1 aromatic heterocycles. The van der Waals surface area contributed by atoms with Crippen LogP contribution >= 0.6 is 27.3 Å². The molecule has 0 spiro atoms. The molecule has 1 fully saturated rings. The Morgan fingerprint density at radius 3 is 2.94 bits per heavy atom. The summed E-state index contributed by atoms with van der Waals surface area (Å²) in [6.45, 7) is 0.989. The number of nitrogens with two attached hydrogens (primary N) is 1. The fraction of sp³-hybridized carbons (Fsp3) is 0.400. The molecule has 0 saturated carbocycles. The fourth-order valence-corrected chi connectivity index (χ4v) is 2.97. The Balaban J connectivity index is 2.04. The number of primary amides is 1. The Hall–Kier alpha value is -0.880. The molecule has 86 valence electrons. The lowest BCUT2D eigenvalue weighted by Gasteiger charge is -2.15. The van der Waals surface area contributed by atoms with Crippen molar-refractivity contribution in [2.45, 2.75) is 13.0 Å². The minimum atomic E-state index is -0.389. The summed E-state index contributed by atoms with van der Waals surface area (Å²) in [5.41, 5.74) is 6.27. The Morgan fingerprint density at radius 2 is 2.44 bits per heavy atom. The predicted molar refractivity (Wildman–Crippen MR) is 64.7 cm³/mol. The van der Waals surface area contributed by atoms with E-state index < -0.39 is 0 Å². The summed E-state index contributed by atoms with van der Waals surface area (Å²) in [5, 5.41) is 1.96. The van der Waals surface area contributed by atoms with Gasteiger partial charge < -0.3 is 10.6 Å². The SMILES string of the molecule is NC(=O)C1CC(=O)N(Cc2ccsc2Br)C1. The summed E-state index contributed by atoms with van der Waals surface area (Å²) < 4.78 is 1.03. The average molecular weight is 303 g/mol. The zero-order valence-electron chi connectivity index (χ0n) is 8.48. The van der Waals surface area contributed by atoms with Crippen molar-refractivity contribution in [3.63, 3.8) is 0 Å². The van der Waals surface area contributed by atoms with Crippen molar-refractivity contribution < 1.29 is 9.59 Å². The highest BCUT2D eigenvalue weighted by molar-refractivity contribution is 9.11. The number of likely N-dealkylation sites (tertiary alicyclic amines) is 1. The number of rotatable bonds is 3. The molecule has 2 heterocycles. The lowest BCUT2D eigenvalue weighted by Crippen LogP contribution is -2.28. The van der Waals surface area contributed by atoms with Crippen molar-refractivity contribution in [2.75, 3.05) is 6.54 Å². The first kappa shape index (κ1) is 11.6. The number of carbonyl (C=O) groups is 2. The minimum absolute atomic E-state index is 0.00176. The van der Waals surface area contributed by atoms with Gasteiger partial charge in [-0.05, 0) is 32.9 Å². The van der Waals surface area contributed by atoms with Crippen LogP contribution in [0.1, 0.15) is 12.0 Å². The average Bonchev–Trinajstić information content (AvgIpc) is 2.76. The van der Waals surface area contributed by atoms with Gasteiger partial charge in [-0.3, -0.25) is 9.59 Å². The smallest absolute Gasteiger partial charge is 0.223 e. The minimum Gasteiger partial charge on any atom is -0.369 e. The van der Waals surface area contributed by atoms with Crippen LogP contribution < -0.4 is 5.73 Å². The second-order valence-corrected chi connectivity index (χ2v) is 6.03. The molecule has 0 aliphatic carbocycles. The van der Waals surface area contributed by atoms with Gasteiger partial charge in [0.25, 0.3) is 0 Å². The number of thiophene rings is 1. The number of carbonyl (C=O) groups excluding carboxylic acids is 2. The molecule has 16 heavy (non-hydrogen) atoms. The third kappa shape index (κ3) is 2.27. The molecule has 0 radical (unpaired) electrons. The Kier molecular flexibility index (Phi) is 3.30. The Labute approximate surface area is 106 Å². The zero-order chi connectivity index (χ0) is 11.7. The fourth-order valence-electron chi connectivity index (χ4n) is 1.75. The van der Waals surface area contributed by atoms with Gasteiger partial charge in [-0.25, -0.2) is 0 Å². The van der Waals surface area contributed by atoms with Gasteiger partial charge in [0.05, 0.1) is 9.70 Å². The first-order chi connectivity index (χ1) is 7.58. The Bertz CT molecular complexity index is 432. The van der Waals surface area contributed by atoms with E-state index in [4.69, 9.17) is 5.73 Å². The van der Waals surface area contributed by atoms with E-state index in [0.717, 1.165) is 9.35 Å². The van der Waals surface area contributed by atoms with E-state index >= 15 is 0 Å². The normalized spacial score (nSPS) is 20.4. The zero-order valence-corrected chi connectivity index (χ0v) is 10.9. The predicted octanol–water partition coefficient (Wildman–Crippen LogP) is 1.34. The molecule has 2 N–H and O–H groups in total. The second-order valence-electron chi connectivity index (χ2n) is 3.80. The summed E-state index contributed by atoms with van der Waals surface area (Å²) in [6, 6.07) is 1.97. The molecule has 0 bridgehead atoms. The molecule has 2 rings (SSSR count).